The molecule has 2 aromatic rings. The number of halogens is 1. The fraction of sp³-hybridized carbons (Fsp3) is 0.333. The number of rotatable bonds is 3. The zero-order valence-corrected chi connectivity index (χ0v) is 13.7. The van der Waals surface area contributed by atoms with Crippen LogP contribution in [0.15, 0.2) is 22.7 Å². The lowest BCUT2D eigenvalue weighted by molar-refractivity contribution is 0.832. The average molecular weight is 335 g/mol. The van der Waals surface area contributed by atoms with Gasteiger partial charge in [0.15, 0.2) is 5.82 Å². The van der Waals surface area contributed by atoms with Gasteiger partial charge in [0.1, 0.15) is 5.82 Å². The van der Waals surface area contributed by atoms with Crippen LogP contribution in [0.3, 0.4) is 0 Å². The highest BCUT2D eigenvalue weighted by Crippen LogP contribution is 2.29. The molecule has 1 aromatic heterocycles. The van der Waals surface area contributed by atoms with Crippen molar-refractivity contribution in [3.05, 3.63) is 39.5 Å². The zero-order chi connectivity index (χ0) is 14.9. The van der Waals surface area contributed by atoms with Crippen molar-refractivity contribution in [3.63, 3.8) is 0 Å². The van der Waals surface area contributed by atoms with Gasteiger partial charge in [0, 0.05) is 21.3 Å². The Labute approximate surface area is 127 Å². The Morgan fingerprint density at radius 3 is 2.45 bits per heavy atom. The molecule has 0 saturated heterocycles. The van der Waals surface area contributed by atoms with Crippen LogP contribution in [0.2, 0.25) is 0 Å². The minimum absolute atomic E-state index is 0.321. The minimum atomic E-state index is 0.321. The van der Waals surface area contributed by atoms with Gasteiger partial charge in [-0.1, -0.05) is 35.8 Å². The summed E-state index contributed by atoms with van der Waals surface area (Å²) in [5, 5.41) is 0. The predicted molar refractivity (Wildman–Crippen MR) is 86.5 cm³/mol. The molecule has 106 valence electrons. The zero-order valence-electron chi connectivity index (χ0n) is 12.2. The molecule has 0 aliphatic heterocycles. The van der Waals surface area contributed by atoms with Crippen LogP contribution in [-0.2, 0) is 0 Å². The maximum Gasteiger partial charge on any atom is 0.161 e. The van der Waals surface area contributed by atoms with Crippen LogP contribution in [0.4, 0.5) is 5.82 Å². The summed E-state index contributed by atoms with van der Waals surface area (Å²) < 4.78 is 1.08. The van der Waals surface area contributed by atoms with Gasteiger partial charge in [-0.25, -0.2) is 15.8 Å². The normalized spacial score (nSPS) is 10.9. The second-order valence-electron chi connectivity index (χ2n) is 5.16. The van der Waals surface area contributed by atoms with E-state index in [-0.39, 0.29) is 0 Å². The fourth-order valence-corrected chi connectivity index (χ4v) is 2.54. The van der Waals surface area contributed by atoms with Crippen molar-refractivity contribution >= 4 is 21.7 Å². The summed E-state index contributed by atoms with van der Waals surface area (Å²) in [6.45, 7) is 8.25. The topological polar surface area (TPSA) is 63.8 Å². The van der Waals surface area contributed by atoms with Gasteiger partial charge in [0.05, 0.1) is 0 Å². The number of hydrogen-bond acceptors (Lipinski definition) is 4. The van der Waals surface area contributed by atoms with E-state index in [1.54, 1.807) is 0 Å². The van der Waals surface area contributed by atoms with Crippen LogP contribution in [0.5, 0.6) is 0 Å². The molecule has 0 unspecified atom stereocenters. The molecule has 0 atom stereocenters. The van der Waals surface area contributed by atoms with Crippen molar-refractivity contribution in [3.8, 4) is 11.4 Å². The molecule has 20 heavy (non-hydrogen) atoms. The third-order valence-corrected chi connectivity index (χ3v) is 4.16. The maximum atomic E-state index is 5.61. The van der Waals surface area contributed by atoms with Crippen LogP contribution in [0.1, 0.15) is 36.6 Å². The first-order valence-corrected chi connectivity index (χ1v) is 7.35. The Hall–Kier alpha value is -1.46. The molecular weight excluding hydrogens is 316 g/mol. The summed E-state index contributed by atoms with van der Waals surface area (Å²) in [7, 11) is 0. The summed E-state index contributed by atoms with van der Waals surface area (Å²) in [6.07, 6.45) is 0. The number of benzene rings is 1. The second-order valence-corrected chi connectivity index (χ2v) is 6.01. The summed E-state index contributed by atoms with van der Waals surface area (Å²) in [5.74, 6) is 7.32. The van der Waals surface area contributed by atoms with Gasteiger partial charge in [-0.15, -0.1) is 0 Å². The van der Waals surface area contributed by atoms with Gasteiger partial charge in [-0.05, 0) is 37.5 Å². The maximum absolute atomic E-state index is 5.61. The van der Waals surface area contributed by atoms with E-state index < -0.39 is 0 Å². The van der Waals surface area contributed by atoms with E-state index >= 15 is 0 Å². The fourth-order valence-electron chi connectivity index (χ4n) is 2.30. The summed E-state index contributed by atoms with van der Waals surface area (Å²) >= 11 is 3.50. The number of hydrogen-bond donors (Lipinski definition) is 2. The van der Waals surface area contributed by atoms with Crippen LogP contribution >= 0.6 is 15.9 Å². The molecule has 4 nitrogen and oxygen atoms in total. The van der Waals surface area contributed by atoms with E-state index in [1.807, 2.05) is 26.0 Å². The molecule has 0 saturated carbocycles. The van der Waals surface area contributed by atoms with E-state index in [4.69, 9.17) is 5.84 Å². The molecule has 1 aromatic carbocycles. The first-order valence-electron chi connectivity index (χ1n) is 6.55. The van der Waals surface area contributed by atoms with Gasteiger partial charge in [0.2, 0.25) is 0 Å². The summed E-state index contributed by atoms with van der Waals surface area (Å²) in [6, 6.07) is 6.07. The molecule has 5 heteroatoms. The molecule has 1 heterocycles. The Morgan fingerprint density at radius 2 is 1.90 bits per heavy atom. The highest BCUT2D eigenvalue weighted by molar-refractivity contribution is 9.10. The van der Waals surface area contributed by atoms with Crippen LogP contribution in [-0.4, -0.2) is 9.97 Å². The van der Waals surface area contributed by atoms with E-state index in [2.05, 4.69) is 51.2 Å². The lowest BCUT2D eigenvalue weighted by atomic mass is 10.0. The van der Waals surface area contributed by atoms with Crippen LogP contribution in [0, 0.1) is 13.8 Å². The molecule has 0 aliphatic rings. The van der Waals surface area contributed by atoms with Gasteiger partial charge in [0.25, 0.3) is 0 Å². The van der Waals surface area contributed by atoms with Crippen molar-refractivity contribution in [2.24, 2.45) is 5.84 Å². The number of nitrogens with one attached hydrogen (secondary N) is 1. The SMILES string of the molecule is Cc1cc(-c2nc(C)c(C(C)C)c(NN)n2)ccc1Br. The van der Waals surface area contributed by atoms with Crippen LogP contribution in [0.25, 0.3) is 11.4 Å². The molecule has 0 spiro atoms. The lowest BCUT2D eigenvalue weighted by Crippen LogP contribution is -2.14. The quantitative estimate of drug-likeness (QED) is 0.659. The number of hydrazine groups is 1. The van der Waals surface area contributed by atoms with Crippen molar-refractivity contribution in [2.45, 2.75) is 33.6 Å². The third-order valence-electron chi connectivity index (χ3n) is 3.27. The number of nitrogens with two attached hydrogens (primary N) is 1. The largest absolute Gasteiger partial charge is 0.308 e. The smallest absolute Gasteiger partial charge is 0.161 e. The van der Waals surface area contributed by atoms with Crippen LogP contribution < -0.4 is 11.3 Å². The first kappa shape index (κ1) is 14.9. The van der Waals surface area contributed by atoms with Gasteiger partial charge in [-0.3, -0.25) is 0 Å². The van der Waals surface area contributed by atoms with Crippen molar-refractivity contribution in [1.82, 2.24) is 9.97 Å². The van der Waals surface area contributed by atoms with Crippen molar-refractivity contribution in [2.75, 3.05) is 5.43 Å². The highest BCUT2D eigenvalue weighted by Gasteiger charge is 2.15. The molecule has 0 fully saturated rings. The number of nitrogens with zero attached hydrogens (tertiary/aromatic N) is 2. The monoisotopic (exact) mass is 334 g/mol. The number of nitrogen functional groups attached to an aromatic ring is 1. The van der Waals surface area contributed by atoms with Crippen molar-refractivity contribution < 1.29 is 0 Å². The average Bonchev–Trinajstić information content (AvgIpc) is 2.40. The van der Waals surface area contributed by atoms with Crippen molar-refractivity contribution in [1.29, 1.82) is 0 Å². The number of aryl methyl sites for hydroxylation is 2. The molecule has 0 bridgehead atoms. The van der Waals surface area contributed by atoms with E-state index in [9.17, 15) is 0 Å². The first-order chi connectivity index (χ1) is 9.43. The Balaban J connectivity index is 2.58. The van der Waals surface area contributed by atoms with Gasteiger partial charge < -0.3 is 5.43 Å². The Morgan fingerprint density at radius 1 is 1.20 bits per heavy atom. The molecule has 0 aliphatic carbocycles. The van der Waals surface area contributed by atoms with Gasteiger partial charge in [-0.2, -0.15) is 0 Å². The number of aromatic nitrogens is 2. The standard InChI is InChI=1S/C15H19BrN4/c1-8(2)13-10(4)18-14(19-15(13)20-17)11-5-6-12(16)9(3)7-11/h5-8H,17H2,1-4H3,(H,18,19,20). The predicted octanol–water partition coefficient (Wildman–Crippen LogP) is 3.93. The summed E-state index contributed by atoms with van der Waals surface area (Å²) in [5.41, 5.74) is 6.85. The minimum Gasteiger partial charge on any atom is -0.308 e. The lowest BCUT2D eigenvalue weighted by Gasteiger charge is -2.15. The molecule has 0 radical (unpaired) electrons. The van der Waals surface area contributed by atoms with E-state index in [1.165, 1.54) is 0 Å². The number of anilines is 1. The molecule has 0 amide bonds. The highest BCUT2D eigenvalue weighted by atomic mass is 79.9. The van der Waals surface area contributed by atoms with E-state index in [0.717, 1.165) is 26.9 Å². The molecule has 2 rings (SSSR count). The van der Waals surface area contributed by atoms with Gasteiger partial charge >= 0.3 is 0 Å². The Kier molecular flexibility index (Phi) is 4.40. The molecule has 3 N–H and O–H groups in total. The summed E-state index contributed by atoms with van der Waals surface area (Å²) in [4.78, 5) is 9.17. The molecular formula is C15H19BrN4. The third kappa shape index (κ3) is 2.83. The Bertz CT molecular complexity index is 638. The van der Waals surface area contributed by atoms with E-state index in [0.29, 0.717) is 17.6 Å². The second kappa shape index (κ2) is 5.89.